The Hall–Kier alpha value is -0.0600. The lowest BCUT2D eigenvalue weighted by atomic mass is 10.2. The van der Waals surface area contributed by atoms with Crippen molar-refractivity contribution in [3.8, 4) is 0 Å². The van der Waals surface area contributed by atoms with E-state index in [0.29, 0.717) is 15.1 Å². The summed E-state index contributed by atoms with van der Waals surface area (Å²) in [5.41, 5.74) is 0.590. The first-order valence-electron chi connectivity index (χ1n) is 4.36. The van der Waals surface area contributed by atoms with Gasteiger partial charge in [0, 0.05) is 20.9 Å². The standard InChI is InChI=1S/C10H10Br2ClNO/c1-6(5-11)14-10(15)8-3-2-7(13)4-9(8)12/h2-4,6H,5H2,1H3,(H,14,15). The highest BCUT2D eigenvalue weighted by atomic mass is 79.9. The molecule has 1 unspecified atom stereocenters. The van der Waals surface area contributed by atoms with Gasteiger partial charge in [-0.15, -0.1) is 0 Å². The normalized spacial score (nSPS) is 12.3. The molecule has 0 fully saturated rings. The highest BCUT2D eigenvalue weighted by Crippen LogP contribution is 2.21. The largest absolute Gasteiger partial charge is 0.349 e. The van der Waals surface area contributed by atoms with E-state index in [1.54, 1.807) is 18.2 Å². The molecule has 0 aliphatic heterocycles. The van der Waals surface area contributed by atoms with E-state index in [4.69, 9.17) is 11.6 Å². The van der Waals surface area contributed by atoms with Crippen LogP contribution in [0.5, 0.6) is 0 Å². The number of carbonyl (C=O) groups is 1. The summed E-state index contributed by atoms with van der Waals surface area (Å²) in [6.45, 7) is 1.93. The average Bonchev–Trinajstić information content (AvgIpc) is 2.17. The van der Waals surface area contributed by atoms with E-state index >= 15 is 0 Å². The maximum absolute atomic E-state index is 11.7. The first kappa shape index (κ1) is 13.0. The van der Waals surface area contributed by atoms with Gasteiger partial charge in [-0.05, 0) is 41.1 Å². The fourth-order valence-electron chi connectivity index (χ4n) is 1.01. The molecule has 1 aromatic carbocycles. The Morgan fingerprint density at radius 2 is 2.27 bits per heavy atom. The zero-order chi connectivity index (χ0) is 11.4. The molecule has 0 bridgehead atoms. The highest BCUT2D eigenvalue weighted by Gasteiger charge is 2.12. The third-order valence-corrected chi connectivity index (χ3v) is 3.65. The van der Waals surface area contributed by atoms with Crippen molar-refractivity contribution in [1.82, 2.24) is 5.32 Å². The number of halogens is 3. The van der Waals surface area contributed by atoms with Crippen LogP contribution in [-0.2, 0) is 0 Å². The second-order valence-corrected chi connectivity index (χ2v) is 5.09. The van der Waals surface area contributed by atoms with Crippen LogP contribution in [0.2, 0.25) is 5.02 Å². The minimum absolute atomic E-state index is 0.0973. The fourth-order valence-corrected chi connectivity index (χ4v) is 2.04. The van der Waals surface area contributed by atoms with Gasteiger partial charge in [-0.3, -0.25) is 4.79 Å². The summed E-state index contributed by atoms with van der Waals surface area (Å²) in [7, 11) is 0. The number of rotatable bonds is 3. The van der Waals surface area contributed by atoms with Gasteiger partial charge in [0.25, 0.3) is 5.91 Å². The molecule has 0 aliphatic carbocycles. The maximum Gasteiger partial charge on any atom is 0.252 e. The monoisotopic (exact) mass is 353 g/mol. The molecule has 1 atom stereocenters. The van der Waals surface area contributed by atoms with Crippen LogP contribution in [0.15, 0.2) is 22.7 Å². The lowest BCUT2D eigenvalue weighted by Crippen LogP contribution is -2.33. The number of benzene rings is 1. The molecule has 0 aromatic heterocycles. The minimum atomic E-state index is -0.106. The maximum atomic E-state index is 11.7. The zero-order valence-corrected chi connectivity index (χ0v) is 12.0. The lowest BCUT2D eigenvalue weighted by molar-refractivity contribution is 0.0943. The number of nitrogens with one attached hydrogen (secondary N) is 1. The predicted octanol–water partition coefficient (Wildman–Crippen LogP) is 3.62. The van der Waals surface area contributed by atoms with E-state index in [1.807, 2.05) is 6.92 Å². The number of hydrogen-bond donors (Lipinski definition) is 1. The first-order chi connectivity index (χ1) is 7.04. The van der Waals surface area contributed by atoms with Crippen LogP contribution >= 0.6 is 43.5 Å². The number of alkyl halides is 1. The van der Waals surface area contributed by atoms with Gasteiger partial charge >= 0.3 is 0 Å². The van der Waals surface area contributed by atoms with E-state index in [9.17, 15) is 4.79 Å². The topological polar surface area (TPSA) is 29.1 Å². The Morgan fingerprint density at radius 3 is 2.80 bits per heavy atom. The fraction of sp³-hybridized carbons (Fsp3) is 0.300. The summed E-state index contributed by atoms with van der Waals surface area (Å²) in [6.07, 6.45) is 0. The summed E-state index contributed by atoms with van der Waals surface area (Å²) in [5.74, 6) is -0.106. The molecule has 0 aliphatic rings. The van der Waals surface area contributed by atoms with Gasteiger partial charge in [0.1, 0.15) is 0 Å². The van der Waals surface area contributed by atoms with E-state index in [0.717, 1.165) is 5.33 Å². The molecule has 1 rings (SSSR count). The van der Waals surface area contributed by atoms with Crippen LogP contribution in [0.25, 0.3) is 0 Å². The molecule has 0 spiro atoms. The molecule has 0 saturated heterocycles. The van der Waals surface area contributed by atoms with Crippen molar-refractivity contribution in [3.63, 3.8) is 0 Å². The van der Waals surface area contributed by atoms with Gasteiger partial charge in [0.05, 0.1) is 5.56 Å². The van der Waals surface area contributed by atoms with Crippen LogP contribution in [0.1, 0.15) is 17.3 Å². The van der Waals surface area contributed by atoms with Crippen LogP contribution in [-0.4, -0.2) is 17.3 Å². The molecule has 0 radical (unpaired) electrons. The summed E-state index contributed by atoms with van der Waals surface area (Å²) < 4.78 is 0.703. The third-order valence-electron chi connectivity index (χ3n) is 1.78. The molecule has 2 nitrogen and oxygen atoms in total. The van der Waals surface area contributed by atoms with Gasteiger partial charge in [-0.25, -0.2) is 0 Å². The highest BCUT2D eigenvalue weighted by molar-refractivity contribution is 9.10. The minimum Gasteiger partial charge on any atom is -0.349 e. The summed E-state index contributed by atoms with van der Waals surface area (Å²) in [4.78, 5) is 11.7. The molecule has 1 N–H and O–H groups in total. The molecule has 82 valence electrons. The van der Waals surface area contributed by atoms with Crippen molar-refractivity contribution >= 4 is 49.4 Å². The Kier molecular flexibility index (Phi) is 5.09. The van der Waals surface area contributed by atoms with Crippen LogP contribution in [0.3, 0.4) is 0 Å². The Balaban J connectivity index is 2.82. The van der Waals surface area contributed by atoms with Crippen molar-refractivity contribution in [2.24, 2.45) is 0 Å². The molecular formula is C10H10Br2ClNO. The van der Waals surface area contributed by atoms with Crippen molar-refractivity contribution in [2.45, 2.75) is 13.0 Å². The smallest absolute Gasteiger partial charge is 0.252 e. The first-order valence-corrected chi connectivity index (χ1v) is 6.65. The second kappa shape index (κ2) is 5.87. The van der Waals surface area contributed by atoms with Crippen molar-refractivity contribution in [3.05, 3.63) is 33.3 Å². The van der Waals surface area contributed by atoms with Crippen molar-refractivity contribution in [2.75, 3.05) is 5.33 Å². The number of amides is 1. The predicted molar refractivity (Wildman–Crippen MR) is 69.9 cm³/mol. The Labute approximate surface area is 111 Å². The molecular weight excluding hydrogens is 345 g/mol. The van der Waals surface area contributed by atoms with Crippen LogP contribution in [0.4, 0.5) is 0 Å². The third kappa shape index (κ3) is 3.78. The molecule has 15 heavy (non-hydrogen) atoms. The molecule has 0 saturated carbocycles. The second-order valence-electron chi connectivity index (χ2n) is 3.15. The quantitative estimate of drug-likeness (QED) is 0.825. The molecule has 1 aromatic rings. The van der Waals surface area contributed by atoms with Crippen molar-refractivity contribution in [1.29, 1.82) is 0 Å². The van der Waals surface area contributed by atoms with E-state index < -0.39 is 0 Å². The lowest BCUT2D eigenvalue weighted by Gasteiger charge is -2.11. The van der Waals surface area contributed by atoms with Gasteiger partial charge in [0.2, 0.25) is 0 Å². The number of carbonyl (C=O) groups excluding carboxylic acids is 1. The summed E-state index contributed by atoms with van der Waals surface area (Å²) in [5, 5.41) is 4.18. The van der Waals surface area contributed by atoms with E-state index in [1.165, 1.54) is 0 Å². The van der Waals surface area contributed by atoms with E-state index in [-0.39, 0.29) is 11.9 Å². The Bertz CT molecular complexity index is 370. The van der Waals surface area contributed by atoms with Crippen molar-refractivity contribution < 1.29 is 4.79 Å². The average molecular weight is 355 g/mol. The number of hydrogen-bond acceptors (Lipinski definition) is 1. The van der Waals surface area contributed by atoms with Gasteiger partial charge in [-0.1, -0.05) is 27.5 Å². The van der Waals surface area contributed by atoms with Crippen LogP contribution < -0.4 is 5.32 Å². The van der Waals surface area contributed by atoms with Gasteiger partial charge in [-0.2, -0.15) is 0 Å². The van der Waals surface area contributed by atoms with Gasteiger partial charge in [0.15, 0.2) is 0 Å². The van der Waals surface area contributed by atoms with Crippen LogP contribution in [0, 0.1) is 0 Å². The summed E-state index contributed by atoms with van der Waals surface area (Å²) in [6, 6.07) is 5.19. The van der Waals surface area contributed by atoms with E-state index in [2.05, 4.69) is 37.2 Å². The molecule has 1 amide bonds. The summed E-state index contributed by atoms with van der Waals surface area (Å²) >= 11 is 12.4. The Morgan fingerprint density at radius 1 is 1.60 bits per heavy atom. The molecule has 0 heterocycles. The SMILES string of the molecule is CC(CBr)NC(=O)c1ccc(Cl)cc1Br. The zero-order valence-electron chi connectivity index (χ0n) is 8.06. The molecule has 5 heteroatoms. The van der Waals surface area contributed by atoms with Gasteiger partial charge < -0.3 is 5.32 Å².